The Balaban J connectivity index is 1.85. The fourth-order valence-electron chi connectivity index (χ4n) is 2.42. The van der Waals surface area contributed by atoms with Crippen molar-refractivity contribution >= 4 is 39.6 Å². The average molecular weight is 371 g/mol. The van der Waals surface area contributed by atoms with E-state index in [1.165, 1.54) is 11.3 Å². The Kier molecular flexibility index (Phi) is 5.63. The summed E-state index contributed by atoms with van der Waals surface area (Å²) in [6.07, 6.45) is 0.259. The van der Waals surface area contributed by atoms with Gasteiger partial charge in [0.25, 0.3) is 0 Å². The van der Waals surface area contributed by atoms with Crippen molar-refractivity contribution in [3.05, 3.63) is 64.4 Å². The van der Waals surface area contributed by atoms with Crippen LogP contribution in [-0.4, -0.2) is 18.5 Å². The highest BCUT2D eigenvalue weighted by Crippen LogP contribution is 2.38. The average Bonchev–Trinajstić information content (AvgIpc) is 3.25. The predicted molar refractivity (Wildman–Crippen MR) is 102 cm³/mol. The van der Waals surface area contributed by atoms with Crippen LogP contribution >= 0.6 is 22.7 Å². The second-order valence-electron chi connectivity index (χ2n) is 5.26. The molecule has 1 amide bonds. The molecule has 0 atom stereocenters. The van der Waals surface area contributed by atoms with Crippen molar-refractivity contribution in [3.8, 4) is 10.4 Å². The quantitative estimate of drug-likeness (QED) is 0.631. The summed E-state index contributed by atoms with van der Waals surface area (Å²) < 4.78 is 5.19. The maximum absolute atomic E-state index is 12.4. The first kappa shape index (κ1) is 17.4. The molecule has 0 unspecified atom stereocenters. The minimum Gasteiger partial charge on any atom is -0.462 e. The number of esters is 1. The Labute approximate surface area is 154 Å². The number of ether oxygens (including phenoxy) is 1. The normalized spacial score (nSPS) is 10.4. The lowest BCUT2D eigenvalue weighted by Gasteiger charge is -2.08. The van der Waals surface area contributed by atoms with Gasteiger partial charge in [-0.05, 0) is 23.9 Å². The van der Waals surface area contributed by atoms with E-state index in [1.807, 2.05) is 53.2 Å². The third-order valence-corrected chi connectivity index (χ3v) is 5.32. The van der Waals surface area contributed by atoms with Crippen LogP contribution in [0.1, 0.15) is 22.8 Å². The van der Waals surface area contributed by atoms with Crippen molar-refractivity contribution in [1.29, 1.82) is 0 Å². The van der Waals surface area contributed by atoms with E-state index < -0.39 is 5.97 Å². The molecule has 0 spiro atoms. The zero-order chi connectivity index (χ0) is 17.6. The van der Waals surface area contributed by atoms with Crippen LogP contribution < -0.4 is 5.32 Å². The standard InChI is InChI=1S/C19H17NO3S2/c1-2-23-19(22)17-14(15-9-6-10-24-15)12-25-18(17)20-16(21)11-13-7-4-3-5-8-13/h3-10,12H,2,11H2,1H3,(H,20,21). The molecule has 6 heteroatoms. The molecule has 0 aliphatic heterocycles. The SMILES string of the molecule is CCOC(=O)c1c(-c2cccs2)csc1NC(=O)Cc1ccccc1. The van der Waals surface area contributed by atoms with Crippen molar-refractivity contribution < 1.29 is 14.3 Å². The van der Waals surface area contributed by atoms with Gasteiger partial charge in [0, 0.05) is 15.8 Å². The van der Waals surface area contributed by atoms with Crippen LogP contribution in [0.5, 0.6) is 0 Å². The second-order valence-corrected chi connectivity index (χ2v) is 7.09. The first-order chi connectivity index (χ1) is 12.2. The number of hydrogen-bond acceptors (Lipinski definition) is 5. The highest BCUT2D eigenvalue weighted by atomic mass is 32.1. The molecular formula is C19H17NO3S2. The Bertz CT molecular complexity index is 854. The second kappa shape index (κ2) is 8.09. The number of thiophene rings is 2. The highest BCUT2D eigenvalue weighted by Gasteiger charge is 2.23. The molecule has 0 fully saturated rings. The van der Waals surface area contributed by atoms with E-state index in [0.29, 0.717) is 10.6 Å². The van der Waals surface area contributed by atoms with Crippen LogP contribution in [0.2, 0.25) is 0 Å². The fourth-order valence-corrected chi connectivity index (χ4v) is 4.21. The van der Waals surface area contributed by atoms with Crippen LogP contribution in [0.3, 0.4) is 0 Å². The molecule has 2 aromatic heterocycles. The number of amides is 1. The van der Waals surface area contributed by atoms with Gasteiger partial charge in [-0.1, -0.05) is 36.4 Å². The van der Waals surface area contributed by atoms with Gasteiger partial charge in [0.05, 0.1) is 13.0 Å². The minimum atomic E-state index is -0.415. The van der Waals surface area contributed by atoms with Gasteiger partial charge >= 0.3 is 5.97 Å². The number of carbonyl (C=O) groups excluding carboxylic acids is 2. The minimum absolute atomic E-state index is 0.156. The molecule has 3 rings (SSSR count). The molecule has 3 aromatic rings. The summed E-state index contributed by atoms with van der Waals surface area (Å²) in [4.78, 5) is 25.8. The van der Waals surface area contributed by atoms with E-state index in [1.54, 1.807) is 18.3 Å². The van der Waals surface area contributed by atoms with E-state index in [0.717, 1.165) is 16.0 Å². The van der Waals surface area contributed by atoms with E-state index in [9.17, 15) is 9.59 Å². The van der Waals surface area contributed by atoms with Crippen molar-refractivity contribution in [2.24, 2.45) is 0 Å². The molecule has 0 aliphatic rings. The van der Waals surface area contributed by atoms with Crippen molar-refractivity contribution in [2.75, 3.05) is 11.9 Å². The van der Waals surface area contributed by atoms with Crippen LogP contribution in [0.4, 0.5) is 5.00 Å². The summed E-state index contributed by atoms with van der Waals surface area (Å²) in [5.41, 5.74) is 2.15. The van der Waals surface area contributed by atoms with E-state index in [4.69, 9.17) is 4.74 Å². The van der Waals surface area contributed by atoms with Crippen LogP contribution in [0.15, 0.2) is 53.2 Å². The lowest BCUT2D eigenvalue weighted by Crippen LogP contribution is -2.16. The van der Waals surface area contributed by atoms with Gasteiger partial charge in [0.15, 0.2) is 0 Å². The van der Waals surface area contributed by atoms with E-state index >= 15 is 0 Å². The lowest BCUT2D eigenvalue weighted by atomic mass is 10.1. The maximum atomic E-state index is 12.4. The zero-order valence-electron chi connectivity index (χ0n) is 13.7. The Morgan fingerprint density at radius 1 is 1.08 bits per heavy atom. The summed E-state index contributed by atoms with van der Waals surface area (Å²) in [5, 5.41) is 7.23. The molecule has 1 aromatic carbocycles. The van der Waals surface area contributed by atoms with Gasteiger partial charge in [0.2, 0.25) is 5.91 Å². The van der Waals surface area contributed by atoms with Crippen LogP contribution in [0.25, 0.3) is 10.4 Å². The molecular weight excluding hydrogens is 354 g/mol. The first-order valence-electron chi connectivity index (χ1n) is 7.85. The number of hydrogen-bond donors (Lipinski definition) is 1. The molecule has 128 valence electrons. The van der Waals surface area contributed by atoms with Crippen molar-refractivity contribution in [1.82, 2.24) is 0 Å². The number of rotatable bonds is 6. The maximum Gasteiger partial charge on any atom is 0.341 e. The van der Waals surface area contributed by atoms with Crippen molar-refractivity contribution in [3.63, 3.8) is 0 Å². The number of nitrogens with one attached hydrogen (secondary N) is 1. The molecule has 0 saturated heterocycles. The third-order valence-electron chi connectivity index (χ3n) is 3.52. The number of benzene rings is 1. The molecule has 0 radical (unpaired) electrons. The van der Waals surface area contributed by atoms with Gasteiger partial charge < -0.3 is 10.1 Å². The summed E-state index contributed by atoms with van der Waals surface area (Å²) in [7, 11) is 0. The Hall–Kier alpha value is -2.44. The van der Waals surface area contributed by atoms with E-state index in [2.05, 4.69) is 5.32 Å². The number of anilines is 1. The van der Waals surface area contributed by atoms with Gasteiger partial charge in [-0.3, -0.25) is 4.79 Å². The van der Waals surface area contributed by atoms with Crippen molar-refractivity contribution in [2.45, 2.75) is 13.3 Å². The van der Waals surface area contributed by atoms with Crippen LogP contribution in [-0.2, 0) is 16.0 Å². The van der Waals surface area contributed by atoms with Crippen LogP contribution in [0, 0.1) is 0 Å². The monoisotopic (exact) mass is 371 g/mol. The molecule has 0 aliphatic carbocycles. The molecule has 25 heavy (non-hydrogen) atoms. The van der Waals surface area contributed by atoms with Gasteiger partial charge in [-0.15, -0.1) is 22.7 Å². The molecule has 4 nitrogen and oxygen atoms in total. The summed E-state index contributed by atoms with van der Waals surface area (Å²) in [6.45, 7) is 2.05. The molecule has 0 saturated carbocycles. The largest absolute Gasteiger partial charge is 0.462 e. The topological polar surface area (TPSA) is 55.4 Å². The summed E-state index contributed by atoms with van der Waals surface area (Å²) >= 11 is 2.89. The molecule has 0 bridgehead atoms. The predicted octanol–water partition coefficient (Wildman–Crippen LogP) is 4.83. The van der Waals surface area contributed by atoms with Gasteiger partial charge in [0.1, 0.15) is 10.6 Å². The summed E-state index contributed by atoms with van der Waals surface area (Å²) in [5.74, 6) is -0.571. The summed E-state index contributed by atoms with van der Waals surface area (Å²) in [6, 6.07) is 13.4. The molecule has 2 heterocycles. The first-order valence-corrected chi connectivity index (χ1v) is 9.61. The highest BCUT2D eigenvalue weighted by molar-refractivity contribution is 7.17. The zero-order valence-corrected chi connectivity index (χ0v) is 15.3. The number of carbonyl (C=O) groups is 2. The fraction of sp³-hybridized carbons (Fsp3) is 0.158. The lowest BCUT2D eigenvalue weighted by molar-refractivity contribution is -0.115. The Morgan fingerprint density at radius 2 is 1.88 bits per heavy atom. The molecule has 1 N–H and O–H groups in total. The Morgan fingerprint density at radius 3 is 2.56 bits per heavy atom. The van der Waals surface area contributed by atoms with Gasteiger partial charge in [-0.2, -0.15) is 0 Å². The van der Waals surface area contributed by atoms with Gasteiger partial charge in [-0.25, -0.2) is 4.79 Å². The third kappa shape index (κ3) is 4.15. The smallest absolute Gasteiger partial charge is 0.341 e. The van der Waals surface area contributed by atoms with E-state index in [-0.39, 0.29) is 18.9 Å².